The van der Waals surface area contributed by atoms with E-state index in [2.05, 4.69) is 0 Å². The van der Waals surface area contributed by atoms with Gasteiger partial charge in [-0.1, -0.05) is 0 Å². The average molecular weight is 454 g/mol. The number of aliphatic hydroxyl groups is 4. The Balaban J connectivity index is 1.67. The smallest absolute Gasteiger partial charge is 0.186 e. The van der Waals surface area contributed by atoms with Crippen molar-refractivity contribution in [1.29, 1.82) is 0 Å². The Morgan fingerprint density at radius 2 is 1.52 bits per heavy atom. The first-order valence-electron chi connectivity index (χ1n) is 10.6. The molecule has 2 heterocycles. The van der Waals surface area contributed by atoms with Gasteiger partial charge in [-0.25, -0.2) is 4.39 Å². The van der Waals surface area contributed by atoms with Crippen LogP contribution in [-0.4, -0.2) is 113 Å². The third kappa shape index (κ3) is 5.34. The highest BCUT2D eigenvalue weighted by Gasteiger charge is 2.51. The van der Waals surface area contributed by atoms with E-state index in [0.717, 1.165) is 0 Å². The molecule has 13 heteroatoms. The molecule has 0 aromatic carbocycles. The first-order chi connectivity index (χ1) is 14.7. The molecule has 3 fully saturated rings. The van der Waals surface area contributed by atoms with Crippen molar-refractivity contribution in [2.75, 3.05) is 13.2 Å². The van der Waals surface area contributed by atoms with Crippen LogP contribution in [0.2, 0.25) is 0 Å². The Morgan fingerprint density at radius 1 is 0.903 bits per heavy atom. The summed E-state index contributed by atoms with van der Waals surface area (Å²) in [4.78, 5) is 0. The summed E-state index contributed by atoms with van der Waals surface area (Å²) in [5, 5.41) is 39.8. The van der Waals surface area contributed by atoms with E-state index in [1.54, 1.807) is 0 Å². The molecule has 2 saturated heterocycles. The number of halogens is 1. The minimum atomic E-state index is -1.84. The van der Waals surface area contributed by atoms with Crippen molar-refractivity contribution in [3.8, 4) is 0 Å². The number of ether oxygens (including phenoxy) is 4. The van der Waals surface area contributed by atoms with Crippen molar-refractivity contribution < 1.29 is 43.8 Å². The van der Waals surface area contributed by atoms with E-state index in [9.17, 15) is 20.4 Å². The Bertz CT molecular complexity index is 581. The third-order valence-corrected chi connectivity index (χ3v) is 6.17. The molecular formula is C18H35FN4O8. The van der Waals surface area contributed by atoms with Crippen LogP contribution in [-0.2, 0) is 18.9 Å². The van der Waals surface area contributed by atoms with E-state index in [-0.39, 0.29) is 12.5 Å². The predicted molar refractivity (Wildman–Crippen MR) is 104 cm³/mol. The van der Waals surface area contributed by atoms with E-state index >= 15 is 4.39 Å². The van der Waals surface area contributed by atoms with Crippen LogP contribution >= 0.6 is 0 Å². The van der Waals surface area contributed by atoms with Crippen molar-refractivity contribution >= 4 is 0 Å². The summed E-state index contributed by atoms with van der Waals surface area (Å²) in [7, 11) is 0. The highest BCUT2D eigenvalue weighted by Crippen LogP contribution is 2.33. The number of aliphatic hydroxyl groups excluding tert-OH is 4. The summed E-state index contributed by atoms with van der Waals surface area (Å²) in [6, 6.07) is -2.82. The SMILES string of the molecule is NCC[C@@H]1C[C@@H](O)[C@H](O[C@H]2[C@@H](F)[C@@H](O[C@H]3O[C@H](CO)[C@@H](O)[C@H](N)[C@H]3O)[C@H](N)C[C@@H]2N)O1. The number of rotatable bonds is 7. The number of nitrogens with two attached hydrogens (primary N) is 4. The minimum absolute atomic E-state index is 0.131. The van der Waals surface area contributed by atoms with Gasteiger partial charge in [-0.15, -0.1) is 0 Å². The van der Waals surface area contributed by atoms with Crippen LogP contribution in [0.3, 0.4) is 0 Å². The van der Waals surface area contributed by atoms with Gasteiger partial charge in [0, 0.05) is 18.5 Å². The molecule has 31 heavy (non-hydrogen) atoms. The minimum Gasteiger partial charge on any atom is -0.394 e. The summed E-state index contributed by atoms with van der Waals surface area (Å²) in [6.45, 7) is -0.201. The monoisotopic (exact) mass is 454 g/mol. The Kier molecular flexibility index (Phi) is 8.57. The lowest BCUT2D eigenvalue weighted by Crippen LogP contribution is -2.67. The zero-order chi connectivity index (χ0) is 22.9. The van der Waals surface area contributed by atoms with E-state index in [1.165, 1.54) is 0 Å². The summed E-state index contributed by atoms with van der Waals surface area (Å²) in [5.74, 6) is 0. The predicted octanol–water partition coefficient (Wildman–Crippen LogP) is -4.26. The fraction of sp³-hybridized carbons (Fsp3) is 1.00. The molecular weight excluding hydrogens is 419 g/mol. The molecule has 1 aliphatic carbocycles. The second-order valence-electron chi connectivity index (χ2n) is 8.50. The number of hydrogen-bond acceptors (Lipinski definition) is 12. The zero-order valence-corrected chi connectivity index (χ0v) is 17.2. The van der Waals surface area contributed by atoms with Gasteiger partial charge in [-0.3, -0.25) is 0 Å². The van der Waals surface area contributed by atoms with Gasteiger partial charge in [0.05, 0.1) is 18.8 Å². The molecule has 3 aliphatic rings. The summed E-state index contributed by atoms with van der Waals surface area (Å²) < 4.78 is 37.7. The second kappa shape index (κ2) is 10.6. The molecule has 0 aromatic rings. The summed E-state index contributed by atoms with van der Waals surface area (Å²) in [6.07, 6.45) is -11.0. The largest absolute Gasteiger partial charge is 0.394 e. The molecule has 0 aromatic heterocycles. The van der Waals surface area contributed by atoms with Crippen LogP contribution in [0.4, 0.5) is 4.39 Å². The fourth-order valence-corrected chi connectivity index (χ4v) is 4.34. The number of hydrogen-bond donors (Lipinski definition) is 8. The van der Waals surface area contributed by atoms with E-state index in [1.807, 2.05) is 0 Å². The van der Waals surface area contributed by atoms with Gasteiger partial charge in [0.15, 0.2) is 18.8 Å². The highest BCUT2D eigenvalue weighted by atomic mass is 19.1. The second-order valence-corrected chi connectivity index (χ2v) is 8.50. The van der Waals surface area contributed by atoms with Crippen LogP contribution in [0.25, 0.3) is 0 Å². The number of alkyl halides is 1. The Labute approximate surface area is 179 Å². The van der Waals surface area contributed by atoms with Gasteiger partial charge < -0.3 is 62.3 Å². The molecule has 0 amide bonds. The maximum absolute atomic E-state index is 15.4. The fourth-order valence-electron chi connectivity index (χ4n) is 4.34. The molecule has 1 saturated carbocycles. The van der Waals surface area contributed by atoms with E-state index < -0.39 is 80.1 Å². The Morgan fingerprint density at radius 3 is 2.10 bits per heavy atom. The lowest BCUT2D eigenvalue weighted by Gasteiger charge is -2.46. The first-order valence-corrected chi connectivity index (χ1v) is 10.6. The molecule has 0 bridgehead atoms. The molecule has 13 atom stereocenters. The zero-order valence-electron chi connectivity index (χ0n) is 17.2. The highest BCUT2D eigenvalue weighted by molar-refractivity contribution is 5.01. The quantitative estimate of drug-likeness (QED) is 0.183. The van der Waals surface area contributed by atoms with Gasteiger partial charge in [0.25, 0.3) is 0 Å². The maximum Gasteiger partial charge on any atom is 0.186 e. The van der Waals surface area contributed by atoms with Crippen LogP contribution < -0.4 is 22.9 Å². The maximum atomic E-state index is 15.4. The van der Waals surface area contributed by atoms with Crippen molar-refractivity contribution in [3.05, 3.63) is 0 Å². The summed E-state index contributed by atoms with van der Waals surface area (Å²) in [5.41, 5.74) is 23.4. The van der Waals surface area contributed by atoms with Gasteiger partial charge in [-0.05, 0) is 19.4 Å². The first kappa shape index (κ1) is 25.1. The van der Waals surface area contributed by atoms with Crippen molar-refractivity contribution in [2.45, 2.75) is 98.9 Å². The van der Waals surface area contributed by atoms with Crippen molar-refractivity contribution in [3.63, 3.8) is 0 Å². The lowest BCUT2D eigenvalue weighted by atomic mass is 9.85. The van der Waals surface area contributed by atoms with Crippen LogP contribution in [0.5, 0.6) is 0 Å². The molecule has 3 rings (SSSR count). The Hall–Kier alpha value is -0.550. The lowest BCUT2D eigenvalue weighted by molar-refractivity contribution is -0.306. The molecule has 12 N–H and O–H groups in total. The molecule has 0 radical (unpaired) electrons. The van der Waals surface area contributed by atoms with Crippen LogP contribution in [0.1, 0.15) is 19.3 Å². The average Bonchev–Trinajstić information content (AvgIpc) is 3.07. The van der Waals surface area contributed by atoms with Gasteiger partial charge in [-0.2, -0.15) is 0 Å². The normalized spacial score (nSPS) is 51.2. The van der Waals surface area contributed by atoms with Gasteiger partial charge in [0.2, 0.25) is 0 Å². The molecule has 2 aliphatic heterocycles. The van der Waals surface area contributed by atoms with Crippen molar-refractivity contribution in [1.82, 2.24) is 0 Å². The topological polar surface area (TPSA) is 222 Å². The molecule has 12 nitrogen and oxygen atoms in total. The van der Waals surface area contributed by atoms with Gasteiger partial charge in [0.1, 0.15) is 36.6 Å². The molecule has 182 valence electrons. The van der Waals surface area contributed by atoms with E-state index in [4.69, 9.17) is 41.9 Å². The van der Waals surface area contributed by atoms with Crippen LogP contribution in [0.15, 0.2) is 0 Å². The van der Waals surface area contributed by atoms with Crippen molar-refractivity contribution in [2.24, 2.45) is 22.9 Å². The summed E-state index contributed by atoms with van der Waals surface area (Å²) >= 11 is 0. The standard InChI is InChI=1S/C18H35FN4O8/c19-11-15(30-17-9(25)3-6(28-17)1-2-20)7(21)4-8(22)16(11)31-18-14(27)12(23)13(26)10(5-24)29-18/h6-18,24-27H,1-5,20-23H2/t6-,7+,8-,9-,10-,11-,12+,13-,14-,15-,16+,17+,18-/m1/s1. The molecule has 0 spiro atoms. The van der Waals surface area contributed by atoms with E-state index in [0.29, 0.717) is 19.4 Å². The van der Waals surface area contributed by atoms with Crippen LogP contribution in [0, 0.1) is 0 Å². The molecule has 0 unspecified atom stereocenters. The van der Waals surface area contributed by atoms with Gasteiger partial charge >= 0.3 is 0 Å². The third-order valence-electron chi connectivity index (χ3n) is 6.17.